The topological polar surface area (TPSA) is 75.7 Å². The molecular weight excluding hydrogens is 457 g/mol. The molecular formula is C23H25F3N2O4S. The number of halogens is 3. The summed E-state index contributed by atoms with van der Waals surface area (Å²) in [5.41, 5.74) is -0.297. The van der Waals surface area contributed by atoms with Gasteiger partial charge in [-0.2, -0.15) is 13.2 Å². The fourth-order valence-corrected chi connectivity index (χ4v) is 4.60. The Morgan fingerprint density at radius 2 is 1.76 bits per heavy atom. The van der Waals surface area contributed by atoms with Crippen molar-refractivity contribution in [2.75, 3.05) is 25.0 Å². The maximum absolute atomic E-state index is 12.8. The van der Waals surface area contributed by atoms with Gasteiger partial charge in [0.1, 0.15) is 5.00 Å². The number of carbonyl (C=O) groups excluding carboxylic acids is 3. The SMILES string of the molecule is CCOC(=O)c1cc(CC)sc1NC(=O)C1CCN(C(=O)c2ccc(C(F)(F)F)cc2)CC1. The Kier molecular flexibility index (Phi) is 7.78. The first-order valence-electron chi connectivity index (χ1n) is 10.7. The molecule has 178 valence electrons. The number of alkyl halides is 3. The van der Waals surface area contributed by atoms with E-state index < -0.39 is 17.7 Å². The fourth-order valence-electron chi connectivity index (χ4n) is 3.61. The minimum atomic E-state index is -4.46. The molecule has 0 unspecified atom stereocenters. The third kappa shape index (κ3) is 5.93. The molecule has 0 bridgehead atoms. The Labute approximate surface area is 193 Å². The van der Waals surface area contributed by atoms with Gasteiger partial charge in [0.05, 0.1) is 17.7 Å². The highest BCUT2D eigenvalue weighted by Gasteiger charge is 2.32. The summed E-state index contributed by atoms with van der Waals surface area (Å²) in [5, 5.41) is 3.30. The summed E-state index contributed by atoms with van der Waals surface area (Å²) in [6, 6.07) is 5.84. The van der Waals surface area contributed by atoms with Crippen LogP contribution in [0.3, 0.4) is 0 Å². The lowest BCUT2D eigenvalue weighted by molar-refractivity contribution is -0.137. The van der Waals surface area contributed by atoms with Gasteiger partial charge < -0.3 is 15.0 Å². The number of piperidine rings is 1. The van der Waals surface area contributed by atoms with Crippen LogP contribution in [0, 0.1) is 5.92 Å². The van der Waals surface area contributed by atoms with Crippen LogP contribution in [-0.4, -0.2) is 42.4 Å². The predicted octanol–water partition coefficient (Wildman–Crippen LogP) is 5.00. The minimum Gasteiger partial charge on any atom is -0.462 e. The first kappa shape index (κ1) is 24.8. The average Bonchev–Trinajstić information content (AvgIpc) is 3.21. The summed E-state index contributed by atoms with van der Waals surface area (Å²) >= 11 is 1.33. The molecule has 1 aromatic heterocycles. The van der Waals surface area contributed by atoms with Gasteiger partial charge in [-0.1, -0.05) is 6.92 Å². The van der Waals surface area contributed by atoms with Crippen molar-refractivity contribution >= 4 is 34.1 Å². The van der Waals surface area contributed by atoms with Gasteiger partial charge in [-0.05, 0) is 56.5 Å². The van der Waals surface area contributed by atoms with Gasteiger partial charge in [-0.3, -0.25) is 9.59 Å². The summed E-state index contributed by atoms with van der Waals surface area (Å²) in [5.74, 6) is -1.42. The van der Waals surface area contributed by atoms with Crippen molar-refractivity contribution in [2.24, 2.45) is 5.92 Å². The highest BCUT2D eigenvalue weighted by molar-refractivity contribution is 7.16. The lowest BCUT2D eigenvalue weighted by atomic mass is 9.95. The number of likely N-dealkylation sites (tertiary alicyclic amines) is 1. The van der Waals surface area contributed by atoms with Gasteiger partial charge >= 0.3 is 12.1 Å². The molecule has 0 atom stereocenters. The quantitative estimate of drug-likeness (QED) is 0.588. The molecule has 0 radical (unpaired) electrons. The number of anilines is 1. The highest BCUT2D eigenvalue weighted by atomic mass is 32.1. The van der Waals surface area contributed by atoms with Crippen LogP contribution in [0.5, 0.6) is 0 Å². The van der Waals surface area contributed by atoms with E-state index in [9.17, 15) is 27.6 Å². The van der Waals surface area contributed by atoms with Gasteiger partial charge in [0.2, 0.25) is 5.91 Å². The summed E-state index contributed by atoms with van der Waals surface area (Å²) < 4.78 is 43.2. The zero-order valence-corrected chi connectivity index (χ0v) is 19.1. The third-order valence-electron chi connectivity index (χ3n) is 5.48. The smallest absolute Gasteiger partial charge is 0.416 e. The number of aryl methyl sites for hydroxylation is 1. The molecule has 3 rings (SSSR count). The third-order valence-corrected chi connectivity index (χ3v) is 6.67. The van der Waals surface area contributed by atoms with Gasteiger partial charge in [-0.25, -0.2) is 4.79 Å². The second-order valence-electron chi connectivity index (χ2n) is 7.66. The molecule has 0 spiro atoms. The van der Waals surface area contributed by atoms with Crippen LogP contribution >= 0.6 is 11.3 Å². The molecule has 1 fully saturated rings. The molecule has 1 aliphatic heterocycles. The van der Waals surface area contributed by atoms with Crippen LogP contribution in [0.1, 0.15) is 57.8 Å². The van der Waals surface area contributed by atoms with Gasteiger partial charge in [0.15, 0.2) is 0 Å². The highest BCUT2D eigenvalue weighted by Crippen LogP contribution is 2.32. The largest absolute Gasteiger partial charge is 0.462 e. The van der Waals surface area contributed by atoms with Crippen molar-refractivity contribution in [3.63, 3.8) is 0 Å². The van der Waals surface area contributed by atoms with Crippen molar-refractivity contribution in [1.82, 2.24) is 4.90 Å². The van der Waals surface area contributed by atoms with E-state index in [2.05, 4.69) is 5.32 Å². The molecule has 1 saturated heterocycles. The van der Waals surface area contributed by atoms with Crippen molar-refractivity contribution < 1.29 is 32.3 Å². The summed E-state index contributed by atoms with van der Waals surface area (Å²) in [6.07, 6.45) is -2.91. The summed E-state index contributed by atoms with van der Waals surface area (Å²) in [6.45, 7) is 4.52. The number of benzene rings is 1. The zero-order valence-electron chi connectivity index (χ0n) is 18.3. The van der Waals surface area contributed by atoms with E-state index in [1.54, 1.807) is 13.0 Å². The number of hydrogen-bond acceptors (Lipinski definition) is 5. The minimum absolute atomic E-state index is 0.177. The lowest BCUT2D eigenvalue weighted by Crippen LogP contribution is -2.41. The molecule has 10 heteroatoms. The van der Waals surface area contributed by atoms with E-state index in [0.29, 0.717) is 36.5 Å². The van der Waals surface area contributed by atoms with Crippen LogP contribution in [0.25, 0.3) is 0 Å². The predicted molar refractivity (Wildman–Crippen MR) is 118 cm³/mol. The molecule has 2 amide bonds. The number of rotatable bonds is 6. The van der Waals surface area contributed by atoms with E-state index in [-0.39, 0.29) is 29.9 Å². The first-order valence-corrected chi connectivity index (χ1v) is 11.5. The van der Waals surface area contributed by atoms with Crippen LogP contribution in [0.4, 0.5) is 18.2 Å². The number of nitrogens with one attached hydrogen (secondary N) is 1. The second-order valence-corrected chi connectivity index (χ2v) is 8.80. The van der Waals surface area contributed by atoms with Crippen molar-refractivity contribution in [1.29, 1.82) is 0 Å². The number of thiophene rings is 1. The monoisotopic (exact) mass is 482 g/mol. The Balaban J connectivity index is 1.60. The number of nitrogens with zero attached hydrogens (tertiary/aromatic N) is 1. The van der Waals surface area contributed by atoms with Crippen LogP contribution < -0.4 is 5.32 Å². The molecule has 0 aliphatic carbocycles. The van der Waals surface area contributed by atoms with E-state index in [1.807, 2.05) is 6.92 Å². The number of esters is 1. The number of hydrogen-bond donors (Lipinski definition) is 1. The standard InChI is InChI=1S/C23H25F3N2O4S/c1-3-17-13-18(22(31)32-4-2)20(33-17)27-19(29)14-9-11-28(12-10-14)21(30)15-5-7-16(8-6-15)23(24,25)26/h5-8,13-14H,3-4,9-12H2,1-2H3,(H,27,29). The van der Waals surface area contributed by atoms with E-state index in [0.717, 1.165) is 23.4 Å². The Morgan fingerprint density at radius 3 is 2.30 bits per heavy atom. The molecule has 1 aliphatic rings. The maximum atomic E-state index is 12.8. The Hall–Kier alpha value is -2.88. The normalized spacial score (nSPS) is 14.8. The Bertz CT molecular complexity index is 1010. The molecule has 2 heterocycles. The van der Waals surface area contributed by atoms with Crippen molar-refractivity contribution in [3.8, 4) is 0 Å². The van der Waals surface area contributed by atoms with E-state index in [4.69, 9.17) is 4.74 Å². The molecule has 0 saturated carbocycles. The van der Waals surface area contributed by atoms with Gasteiger partial charge in [-0.15, -0.1) is 11.3 Å². The van der Waals surface area contributed by atoms with E-state index in [1.165, 1.54) is 28.4 Å². The zero-order chi connectivity index (χ0) is 24.2. The van der Waals surface area contributed by atoms with Crippen LogP contribution in [0.15, 0.2) is 30.3 Å². The second kappa shape index (κ2) is 10.4. The number of ether oxygens (including phenoxy) is 1. The summed E-state index contributed by atoms with van der Waals surface area (Å²) in [7, 11) is 0. The molecule has 1 aromatic carbocycles. The van der Waals surface area contributed by atoms with Crippen LogP contribution in [0.2, 0.25) is 0 Å². The van der Waals surface area contributed by atoms with Gasteiger partial charge in [0, 0.05) is 29.4 Å². The summed E-state index contributed by atoms with van der Waals surface area (Å²) in [4.78, 5) is 40.1. The fraction of sp³-hybridized carbons (Fsp3) is 0.435. The molecule has 6 nitrogen and oxygen atoms in total. The molecule has 33 heavy (non-hydrogen) atoms. The van der Waals surface area contributed by atoms with Crippen LogP contribution in [-0.2, 0) is 22.1 Å². The first-order chi connectivity index (χ1) is 15.6. The number of amides is 2. The molecule has 2 aromatic rings. The van der Waals surface area contributed by atoms with Crippen molar-refractivity contribution in [2.45, 2.75) is 39.3 Å². The van der Waals surface area contributed by atoms with E-state index >= 15 is 0 Å². The van der Waals surface area contributed by atoms with Crippen molar-refractivity contribution in [3.05, 3.63) is 51.9 Å². The van der Waals surface area contributed by atoms with Gasteiger partial charge in [0.25, 0.3) is 5.91 Å². The number of carbonyl (C=O) groups is 3. The average molecular weight is 483 g/mol. The Morgan fingerprint density at radius 1 is 1.12 bits per heavy atom. The maximum Gasteiger partial charge on any atom is 0.416 e. The lowest BCUT2D eigenvalue weighted by Gasteiger charge is -2.31. The molecule has 1 N–H and O–H groups in total.